The fourth-order valence-electron chi connectivity index (χ4n) is 1.77. The second-order valence-corrected chi connectivity index (χ2v) is 4.30. The number of nitrogens with one attached hydrogen (secondary N) is 3. The van der Waals surface area contributed by atoms with Crippen LogP contribution in [0.25, 0.3) is 11.3 Å². The first-order chi connectivity index (χ1) is 9.75. The molecule has 106 valence electrons. The zero-order chi connectivity index (χ0) is 14.2. The molecule has 20 heavy (non-hydrogen) atoms. The smallest absolute Gasteiger partial charge is 0.314 e. The van der Waals surface area contributed by atoms with Crippen molar-refractivity contribution in [3.05, 3.63) is 52.8 Å². The van der Waals surface area contributed by atoms with Gasteiger partial charge >= 0.3 is 5.69 Å². The third-order valence-electron chi connectivity index (χ3n) is 2.79. The van der Waals surface area contributed by atoms with Crippen molar-refractivity contribution in [2.45, 2.75) is 0 Å². The van der Waals surface area contributed by atoms with Gasteiger partial charge in [-0.3, -0.25) is 0 Å². The fourth-order valence-corrected chi connectivity index (χ4v) is 1.77. The Bertz CT molecular complexity index is 567. The van der Waals surface area contributed by atoms with Gasteiger partial charge < -0.3 is 15.6 Å². The van der Waals surface area contributed by atoms with Crippen molar-refractivity contribution < 1.29 is 4.39 Å². The highest BCUT2D eigenvalue weighted by molar-refractivity contribution is 5.57. The van der Waals surface area contributed by atoms with E-state index < -0.39 is 5.69 Å². The summed E-state index contributed by atoms with van der Waals surface area (Å²) in [6, 6.07) is 7.54. The van der Waals surface area contributed by atoms with Crippen LogP contribution in [0.1, 0.15) is 0 Å². The highest BCUT2D eigenvalue weighted by atomic mass is 19.1. The summed E-state index contributed by atoms with van der Waals surface area (Å²) in [5.74, 6) is -0.301. The molecule has 0 saturated carbocycles. The van der Waals surface area contributed by atoms with E-state index in [4.69, 9.17) is 0 Å². The van der Waals surface area contributed by atoms with E-state index in [1.165, 1.54) is 18.3 Å². The molecular formula is C14H17FN4O. The average molecular weight is 276 g/mol. The molecule has 0 radical (unpaired) electrons. The number of halogens is 1. The molecule has 0 atom stereocenters. The van der Waals surface area contributed by atoms with Crippen molar-refractivity contribution >= 4 is 0 Å². The molecule has 0 bridgehead atoms. The Kier molecular flexibility index (Phi) is 5.40. The molecule has 0 aliphatic carbocycles. The summed E-state index contributed by atoms with van der Waals surface area (Å²) >= 11 is 0. The molecule has 0 unspecified atom stereocenters. The molecule has 1 fully saturated rings. The molecule has 5 nitrogen and oxygen atoms in total. The molecule has 1 aliphatic rings. The Morgan fingerprint density at radius 2 is 1.55 bits per heavy atom. The Labute approximate surface area is 116 Å². The van der Waals surface area contributed by atoms with Crippen LogP contribution in [0, 0.1) is 5.82 Å². The van der Waals surface area contributed by atoms with E-state index in [0.717, 1.165) is 31.7 Å². The summed E-state index contributed by atoms with van der Waals surface area (Å²) < 4.78 is 12.6. The van der Waals surface area contributed by atoms with Crippen molar-refractivity contribution in [2.75, 3.05) is 26.2 Å². The summed E-state index contributed by atoms with van der Waals surface area (Å²) in [7, 11) is 0. The maximum atomic E-state index is 12.6. The topological polar surface area (TPSA) is 69.8 Å². The molecular weight excluding hydrogens is 259 g/mol. The number of benzene rings is 1. The predicted molar refractivity (Wildman–Crippen MR) is 76.0 cm³/mol. The van der Waals surface area contributed by atoms with Crippen molar-refractivity contribution in [2.24, 2.45) is 0 Å². The van der Waals surface area contributed by atoms with Crippen LogP contribution < -0.4 is 16.3 Å². The standard InChI is InChI=1S/C10H7FN2O.C4H10N2/c11-8-3-1-7(2-4-8)9-5-6-12-10(14)13-9;1-2-6-4-3-5-1/h1-6H,(H,12,13,14);5-6H,1-4H2. The van der Waals surface area contributed by atoms with E-state index in [1.807, 2.05) is 0 Å². The second-order valence-electron chi connectivity index (χ2n) is 4.30. The van der Waals surface area contributed by atoms with Crippen molar-refractivity contribution in [1.82, 2.24) is 20.6 Å². The summed E-state index contributed by atoms with van der Waals surface area (Å²) in [5.41, 5.74) is 0.975. The highest BCUT2D eigenvalue weighted by Gasteiger charge is 1.98. The monoisotopic (exact) mass is 276 g/mol. The van der Waals surface area contributed by atoms with Crippen LogP contribution in [0.5, 0.6) is 0 Å². The molecule has 1 aromatic heterocycles. The van der Waals surface area contributed by atoms with Gasteiger partial charge in [-0.2, -0.15) is 0 Å². The maximum absolute atomic E-state index is 12.6. The Hall–Kier alpha value is -2.05. The third kappa shape index (κ3) is 4.56. The van der Waals surface area contributed by atoms with E-state index in [1.54, 1.807) is 18.2 Å². The van der Waals surface area contributed by atoms with E-state index in [0.29, 0.717) is 5.69 Å². The van der Waals surface area contributed by atoms with Gasteiger partial charge in [0, 0.05) is 32.4 Å². The summed E-state index contributed by atoms with van der Waals surface area (Å²) in [6.45, 7) is 4.56. The zero-order valence-corrected chi connectivity index (χ0v) is 11.0. The van der Waals surface area contributed by atoms with Gasteiger partial charge in [0.2, 0.25) is 0 Å². The second kappa shape index (κ2) is 7.52. The maximum Gasteiger partial charge on any atom is 0.345 e. The number of hydrogen-bond acceptors (Lipinski definition) is 4. The lowest BCUT2D eigenvalue weighted by Crippen LogP contribution is -2.39. The summed E-state index contributed by atoms with van der Waals surface area (Å²) in [6.07, 6.45) is 1.41. The number of aromatic amines is 1. The van der Waals surface area contributed by atoms with E-state index in [-0.39, 0.29) is 5.82 Å². The van der Waals surface area contributed by atoms with E-state index in [9.17, 15) is 9.18 Å². The molecule has 1 saturated heterocycles. The molecule has 3 N–H and O–H groups in total. The lowest BCUT2D eigenvalue weighted by Gasteiger charge is -2.11. The molecule has 1 aliphatic heterocycles. The van der Waals surface area contributed by atoms with Gasteiger partial charge in [0.1, 0.15) is 5.82 Å². The number of H-pyrrole nitrogens is 1. The average Bonchev–Trinajstić information content (AvgIpc) is 2.50. The minimum atomic E-state index is -0.410. The van der Waals surface area contributed by atoms with Crippen LogP contribution in [0.3, 0.4) is 0 Å². The SMILES string of the molecule is C1CNCCN1.O=c1nccc(-c2ccc(F)cc2)[nH]1. The first-order valence-corrected chi connectivity index (χ1v) is 6.48. The lowest BCUT2D eigenvalue weighted by molar-refractivity contribution is 0.534. The quantitative estimate of drug-likeness (QED) is 0.719. The first-order valence-electron chi connectivity index (χ1n) is 6.48. The molecule has 0 amide bonds. The largest absolute Gasteiger partial charge is 0.345 e. The van der Waals surface area contributed by atoms with Crippen LogP contribution >= 0.6 is 0 Å². The van der Waals surface area contributed by atoms with Crippen LogP contribution in [0.2, 0.25) is 0 Å². The predicted octanol–water partition coefficient (Wildman–Crippen LogP) is 0.755. The first kappa shape index (κ1) is 14.4. The third-order valence-corrected chi connectivity index (χ3v) is 2.79. The van der Waals surface area contributed by atoms with Crippen molar-refractivity contribution in [3.8, 4) is 11.3 Å². The Morgan fingerprint density at radius 1 is 0.950 bits per heavy atom. The molecule has 0 spiro atoms. The number of aromatic nitrogens is 2. The van der Waals surface area contributed by atoms with Gasteiger partial charge in [-0.1, -0.05) is 0 Å². The number of hydrogen-bond donors (Lipinski definition) is 3. The molecule has 2 heterocycles. The van der Waals surface area contributed by atoms with Gasteiger partial charge in [-0.25, -0.2) is 14.2 Å². The Morgan fingerprint density at radius 3 is 2.05 bits per heavy atom. The summed E-state index contributed by atoms with van der Waals surface area (Å²) in [4.78, 5) is 16.9. The van der Waals surface area contributed by atoms with Crippen LogP contribution in [0.4, 0.5) is 4.39 Å². The highest BCUT2D eigenvalue weighted by Crippen LogP contribution is 2.14. The van der Waals surface area contributed by atoms with Crippen molar-refractivity contribution in [1.29, 1.82) is 0 Å². The molecule has 2 aromatic rings. The lowest BCUT2D eigenvalue weighted by atomic mass is 10.1. The number of piperazine rings is 1. The van der Waals surface area contributed by atoms with Gasteiger partial charge in [-0.05, 0) is 35.9 Å². The minimum absolute atomic E-state index is 0.301. The molecule has 3 rings (SSSR count). The van der Waals surface area contributed by atoms with Crippen LogP contribution in [-0.2, 0) is 0 Å². The van der Waals surface area contributed by atoms with Gasteiger partial charge in [-0.15, -0.1) is 0 Å². The van der Waals surface area contributed by atoms with Crippen LogP contribution in [-0.4, -0.2) is 36.1 Å². The van der Waals surface area contributed by atoms with Gasteiger partial charge in [0.15, 0.2) is 0 Å². The van der Waals surface area contributed by atoms with Crippen molar-refractivity contribution in [3.63, 3.8) is 0 Å². The molecule has 1 aromatic carbocycles. The number of rotatable bonds is 1. The van der Waals surface area contributed by atoms with Gasteiger partial charge in [0.05, 0.1) is 5.69 Å². The Balaban J connectivity index is 0.000000205. The number of nitrogens with zero attached hydrogens (tertiary/aromatic N) is 1. The minimum Gasteiger partial charge on any atom is -0.314 e. The zero-order valence-electron chi connectivity index (χ0n) is 11.0. The fraction of sp³-hybridized carbons (Fsp3) is 0.286. The normalized spacial score (nSPS) is 14.2. The van der Waals surface area contributed by atoms with Crippen LogP contribution in [0.15, 0.2) is 41.3 Å². The van der Waals surface area contributed by atoms with E-state index >= 15 is 0 Å². The van der Waals surface area contributed by atoms with E-state index in [2.05, 4.69) is 20.6 Å². The summed E-state index contributed by atoms with van der Waals surface area (Å²) in [5, 5.41) is 6.44. The van der Waals surface area contributed by atoms with Gasteiger partial charge in [0.25, 0.3) is 0 Å². The molecule has 6 heteroatoms.